The summed E-state index contributed by atoms with van der Waals surface area (Å²) >= 11 is 0. The molecule has 0 spiro atoms. The Morgan fingerprint density at radius 1 is 1.47 bits per heavy atom. The van der Waals surface area contributed by atoms with E-state index < -0.39 is 5.97 Å². The van der Waals surface area contributed by atoms with E-state index in [1.165, 1.54) is 12.1 Å². The molecule has 0 radical (unpaired) electrons. The number of benzene rings is 1. The largest absolute Gasteiger partial charge is 0.481 e. The van der Waals surface area contributed by atoms with Crippen molar-refractivity contribution in [3.8, 4) is 0 Å². The van der Waals surface area contributed by atoms with Crippen LogP contribution in [0.1, 0.15) is 24.9 Å². The Balaban J connectivity index is 2.03. The molecular weight excluding hydrogens is 221 g/mol. The Kier molecular flexibility index (Phi) is 3.43. The molecule has 0 aliphatic carbocycles. The van der Waals surface area contributed by atoms with E-state index in [0.717, 1.165) is 12.0 Å². The van der Waals surface area contributed by atoms with Gasteiger partial charge in [0.2, 0.25) is 0 Å². The fourth-order valence-electron chi connectivity index (χ4n) is 2.31. The zero-order valence-electron chi connectivity index (χ0n) is 9.77. The van der Waals surface area contributed by atoms with Crippen molar-refractivity contribution in [3.05, 3.63) is 35.6 Å². The molecule has 1 atom stereocenters. The summed E-state index contributed by atoms with van der Waals surface area (Å²) in [7, 11) is 0. The van der Waals surface area contributed by atoms with E-state index in [-0.39, 0.29) is 17.8 Å². The van der Waals surface area contributed by atoms with Gasteiger partial charge >= 0.3 is 5.97 Å². The van der Waals surface area contributed by atoms with Crippen LogP contribution in [0, 0.1) is 11.7 Å². The number of nitrogens with zero attached hydrogens (tertiary/aromatic N) is 1. The molecule has 2 rings (SSSR count). The predicted octanol–water partition coefficient (Wildman–Crippen LogP) is 2.29. The zero-order valence-corrected chi connectivity index (χ0v) is 9.77. The highest BCUT2D eigenvalue weighted by atomic mass is 19.1. The molecule has 1 aliphatic rings. The summed E-state index contributed by atoms with van der Waals surface area (Å²) < 4.78 is 12.8. The summed E-state index contributed by atoms with van der Waals surface area (Å²) in [5.74, 6) is -1.21. The number of likely N-dealkylation sites (tertiary alicyclic amines) is 1. The highest BCUT2D eigenvalue weighted by Gasteiger charge is 2.36. The van der Waals surface area contributed by atoms with Crippen LogP contribution >= 0.6 is 0 Å². The fourth-order valence-corrected chi connectivity index (χ4v) is 2.31. The van der Waals surface area contributed by atoms with Gasteiger partial charge in [0.15, 0.2) is 0 Å². The minimum Gasteiger partial charge on any atom is -0.481 e. The Morgan fingerprint density at radius 3 is 2.53 bits per heavy atom. The second-order valence-electron chi connectivity index (χ2n) is 4.46. The van der Waals surface area contributed by atoms with Crippen LogP contribution in [0.3, 0.4) is 0 Å². The molecule has 0 bridgehead atoms. The summed E-state index contributed by atoms with van der Waals surface area (Å²) in [6, 6.07) is 6.65. The summed E-state index contributed by atoms with van der Waals surface area (Å²) in [6.45, 7) is 3.23. The lowest BCUT2D eigenvalue weighted by molar-refractivity contribution is -0.148. The first-order valence-electron chi connectivity index (χ1n) is 5.84. The first-order valence-corrected chi connectivity index (χ1v) is 5.84. The Bertz CT molecular complexity index is 398. The number of hydrogen-bond acceptors (Lipinski definition) is 2. The molecular formula is C13H16FNO2. The van der Waals surface area contributed by atoms with E-state index in [1.54, 1.807) is 12.1 Å². The molecule has 1 aromatic rings. The normalized spacial score (nSPS) is 18.7. The van der Waals surface area contributed by atoms with Crippen molar-refractivity contribution in [1.82, 2.24) is 4.90 Å². The van der Waals surface area contributed by atoms with Gasteiger partial charge in [0.1, 0.15) is 5.82 Å². The maximum absolute atomic E-state index is 12.8. The van der Waals surface area contributed by atoms with Crippen molar-refractivity contribution in [1.29, 1.82) is 0 Å². The van der Waals surface area contributed by atoms with Crippen molar-refractivity contribution in [2.45, 2.75) is 19.4 Å². The Hall–Kier alpha value is -1.42. The van der Waals surface area contributed by atoms with Gasteiger partial charge in [-0.1, -0.05) is 19.1 Å². The topological polar surface area (TPSA) is 40.5 Å². The maximum Gasteiger partial charge on any atom is 0.309 e. The van der Waals surface area contributed by atoms with Gasteiger partial charge in [0.25, 0.3) is 0 Å². The highest BCUT2D eigenvalue weighted by molar-refractivity contribution is 5.71. The van der Waals surface area contributed by atoms with Crippen molar-refractivity contribution >= 4 is 5.97 Å². The lowest BCUT2D eigenvalue weighted by Gasteiger charge is -2.42. The van der Waals surface area contributed by atoms with Crippen LogP contribution in [0.25, 0.3) is 0 Å². The van der Waals surface area contributed by atoms with E-state index in [9.17, 15) is 9.18 Å². The van der Waals surface area contributed by atoms with Gasteiger partial charge < -0.3 is 5.11 Å². The molecule has 3 nitrogen and oxygen atoms in total. The molecule has 0 amide bonds. The highest BCUT2D eigenvalue weighted by Crippen LogP contribution is 2.31. The van der Waals surface area contributed by atoms with Crippen LogP contribution in [-0.4, -0.2) is 29.1 Å². The summed E-state index contributed by atoms with van der Waals surface area (Å²) in [4.78, 5) is 12.9. The molecule has 92 valence electrons. The Labute approximate surface area is 99.9 Å². The zero-order chi connectivity index (χ0) is 12.4. The van der Waals surface area contributed by atoms with Crippen molar-refractivity contribution in [3.63, 3.8) is 0 Å². The first kappa shape index (κ1) is 12.0. The van der Waals surface area contributed by atoms with Crippen molar-refractivity contribution < 1.29 is 14.3 Å². The van der Waals surface area contributed by atoms with Gasteiger partial charge in [-0.2, -0.15) is 0 Å². The fraction of sp³-hybridized carbons (Fsp3) is 0.462. The van der Waals surface area contributed by atoms with Gasteiger partial charge in [-0.05, 0) is 24.1 Å². The van der Waals surface area contributed by atoms with Crippen LogP contribution in [-0.2, 0) is 4.79 Å². The lowest BCUT2D eigenvalue weighted by atomic mass is 9.93. The SMILES string of the molecule is CCC(c1ccc(F)cc1)N1CC(C(=O)O)C1. The van der Waals surface area contributed by atoms with E-state index in [0.29, 0.717) is 13.1 Å². The van der Waals surface area contributed by atoms with Gasteiger partial charge in [-0.25, -0.2) is 4.39 Å². The second-order valence-corrected chi connectivity index (χ2v) is 4.46. The number of hydrogen-bond donors (Lipinski definition) is 1. The van der Waals surface area contributed by atoms with Crippen LogP contribution in [0.2, 0.25) is 0 Å². The summed E-state index contributed by atoms with van der Waals surface area (Å²) in [5.41, 5.74) is 1.05. The van der Waals surface area contributed by atoms with Crippen molar-refractivity contribution in [2.75, 3.05) is 13.1 Å². The average molecular weight is 237 g/mol. The third kappa shape index (κ3) is 2.47. The molecule has 4 heteroatoms. The molecule has 17 heavy (non-hydrogen) atoms. The molecule has 1 heterocycles. The van der Waals surface area contributed by atoms with Gasteiger partial charge in [0, 0.05) is 19.1 Å². The summed E-state index contributed by atoms with van der Waals surface area (Å²) in [6.07, 6.45) is 0.901. The van der Waals surface area contributed by atoms with Crippen LogP contribution < -0.4 is 0 Å². The molecule has 1 fully saturated rings. The first-order chi connectivity index (χ1) is 8.11. The number of rotatable bonds is 4. The quantitative estimate of drug-likeness (QED) is 0.873. The monoisotopic (exact) mass is 237 g/mol. The standard InChI is InChI=1S/C13H16FNO2/c1-2-12(9-3-5-11(14)6-4-9)15-7-10(8-15)13(16)17/h3-6,10,12H,2,7-8H2,1H3,(H,16,17). The number of carboxylic acid groups (broad SMARTS) is 1. The van der Waals surface area contributed by atoms with Crippen molar-refractivity contribution in [2.24, 2.45) is 5.92 Å². The third-order valence-electron chi connectivity index (χ3n) is 3.34. The maximum atomic E-state index is 12.8. The van der Waals surface area contributed by atoms with E-state index >= 15 is 0 Å². The minimum absolute atomic E-state index is 0.200. The van der Waals surface area contributed by atoms with E-state index in [1.807, 2.05) is 0 Å². The van der Waals surface area contributed by atoms with Gasteiger partial charge in [-0.3, -0.25) is 9.69 Å². The van der Waals surface area contributed by atoms with Crippen LogP contribution in [0.5, 0.6) is 0 Å². The van der Waals surface area contributed by atoms with E-state index in [2.05, 4.69) is 11.8 Å². The molecule has 1 saturated heterocycles. The molecule has 1 unspecified atom stereocenters. The number of halogens is 1. The van der Waals surface area contributed by atoms with Gasteiger partial charge in [-0.15, -0.1) is 0 Å². The molecule has 1 N–H and O–H groups in total. The molecule has 0 saturated carbocycles. The number of aliphatic carboxylic acids is 1. The molecule has 0 aromatic heterocycles. The van der Waals surface area contributed by atoms with E-state index in [4.69, 9.17) is 5.11 Å². The number of carboxylic acids is 1. The Morgan fingerprint density at radius 2 is 2.06 bits per heavy atom. The average Bonchev–Trinajstić information content (AvgIpc) is 2.23. The second kappa shape index (κ2) is 4.84. The van der Waals surface area contributed by atoms with Crippen LogP contribution in [0.15, 0.2) is 24.3 Å². The summed E-state index contributed by atoms with van der Waals surface area (Å²) in [5, 5.41) is 8.84. The predicted molar refractivity (Wildman–Crippen MR) is 62.1 cm³/mol. The van der Waals surface area contributed by atoms with Crippen LogP contribution in [0.4, 0.5) is 4.39 Å². The molecule has 1 aliphatic heterocycles. The minimum atomic E-state index is -0.727. The lowest BCUT2D eigenvalue weighted by Crippen LogP contribution is -2.51. The van der Waals surface area contributed by atoms with Gasteiger partial charge in [0.05, 0.1) is 5.92 Å². The smallest absolute Gasteiger partial charge is 0.309 e. The third-order valence-corrected chi connectivity index (χ3v) is 3.34. The number of carbonyl (C=O) groups is 1. The molecule has 1 aromatic carbocycles.